The monoisotopic (exact) mass is 244 g/mol. The summed E-state index contributed by atoms with van der Waals surface area (Å²) >= 11 is 1.50. The smallest absolute Gasteiger partial charge is 0.483 e. The largest absolute Gasteiger partial charge is 1.00 e. The molecule has 2 aromatic heterocycles. The normalized spacial score (nSPS) is 8.31. The number of carboxylic acid groups (broad SMARTS) is 1. The Morgan fingerprint density at radius 3 is 2.62 bits per heavy atom. The van der Waals surface area contributed by atoms with Crippen molar-refractivity contribution in [3.8, 4) is 10.7 Å². The summed E-state index contributed by atoms with van der Waals surface area (Å²) in [5.74, 6) is 0. The number of aromatic nitrogens is 2. The number of pyridine rings is 1. The average molecular weight is 244 g/mol. The Kier molecular flexibility index (Phi) is 8.01. The van der Waals surface area contributed by atoms with E-state index in [-0.39, 0.29) is 36.0 Å². The van der Waals surface area contributed by atoms with E-state index in [1.165, 1.54) is 11.3 Å². The van der Waals surface area contributed by atoms with E-state index >= 15 is 0 Å². The van der Waals surface area contributed by atoms with Gasteiger partial charge in [0.25, 0.3) is 6.47 Å². The van der Waals surface area contributed by atoms with Crippen molar-refractivity contribution >= 4 is 17.8 Å². The van der Waals surface area contributed by atoms with Crippen molar-refractivity contribution in [2.75, 3.05) is 0 Å². The Bertz CT molecular complexity index is 420. The molecule has 0 radical (unpaired) electrons. The summed E-state index contributed by atoms with van der Waals surface area (Å²) in [6, 6.07) is 5.80. The summed E-state index contributed by atoms with van der Waals surface area (Å²) < 4.78 is 0. The maximum Gasteiger partial charge on any atom is 1.00 e. The van der Waals surface area contributed by atoms with Crippen LogP contribution in [0.5, 0.6) is 0 Å². The van der Waals surface area contributed by atoms with Gasteiger partial charge in [0.05, 0.1) is 0 Å². The van der Waals surface area contributed by atoms with Gasteiger partial charge in [-0.1, -0.05) is 17.8 Å². The predicted molar refractivity (Wildman–Crippen MR) is 57.6 cm³/mol. The molecule has 2 aromatic rings. The fourth-order valence-corrected chi connectivity index (χ4v) is 1.62. The fraction of sp³-hybridized carbons (Fsp3) is 0.100. The van der Waals surface area contributed by atoms with E-state index in [0.29, 0.717) is 0 Å². The van der Waals surface area contributed by atoms with Crippen molar-refractivity contribution in [2.24, 2.45) is 0 Å². The average Bonchev–Trinajstić information content (AvgIpc) is 2.67. The third-order valence-corrected chi connectivity index (χ3v) is 2.34. The molecule has 0 unspecified atom stereocenters. The van der Waals surface area contributed by atoms with E-state index < -0.39 is 0 Å². The van der Waals surface area contributed by atoms with Crippen LogP contribution in [-0.4, -0.2) is 21.5 Å². The van der Waals surface area contributed by atoms with Crippen LogP contribution >= 0.6 is 11.3 Å². The fourth-order valence-electron chi connectivity index (χ4n) is 0.919. The zero-order valence-corrected chi connectivity index (χ0v) is 11.9. The zero-order chi connectivity index (χ0) is 11.1. The van der Waals surface area contributed by atoms with Crippen molar-refractivity contribution in [3.63, 3.8) is 0 Å². The summed E-state index contributed by atoms with van der Waals surface area (Å²) in [6.45, 7) is 1.68. The summed E-state index contributed by atoms with van der Waals surface area (Å²) in [5, 5.41) is 10.9. The van der Waals surface area contributed by atoms with E-state index in [9.17, 15) is 0 Å². The van der Waals surface area contributed by atoms with Gasteiger partial charge in [0.15, 0.2) is 0 Å². The Labute approximate surface area is 120 Å². The first-order chi connectivity index (χ1) is 7.27. The summed E-state index contributed by atoms with van der Waals surface area (Å²) in [5.41, 5.74) is 1.85. The minimum Gasteiger partial charge on any atom is -0.483 e. The van der Waals surface area contributed by atoms with E-state index in [2.05, 4.69) is 15.3 Å². The van der Waals surface area contributed by atoms with Crippen LogP contribution < -0.4 is 29.6 Å². The van der Waals surface area contributed by atoms with E-state index in [1.54, 1.807) is 6.20 Å². The van der Waals surface area contributed by atoms with E-state index in [0.717, 1.165) is 16.4 Å². The van der Waals surface area contributed by atoms with Gasteiger partial charge in [0, 0.05) is 11.9 Å². The molecule has 4 nitrogen and oxygen atoms in total. The minimum atomic E-state index is -0.250. The Hall–Kier alpha value is -0.750. The van der Waals surface area contributed by atoms with Crippen LogP contribution in [-0.2, 0) is 4.79 Å². The standard InChI is InChI=1S/C9H7N2S.CH2O2.Na/c1-7-6-12-9(11-7)8-4-2-3-5-10-8;2-1-3;/h2-5H,1H3;1H,(H,2,3);/q-1;;+1. The van der Waals surface area contributed by atoms with Crippen LogP contribution in [0, 0.1) is 12.3 Å². The number of nitrogens with zero attached hydrogens (tertiary/aromatic N) is 2. The molecule has 16 heavy (non-hydrogen) atoms. The Morgan fingerprint density at radius 2 is 2.19 bits per heavy atom. The molecule has 1 N–H and O–H groups in total. The summed E-state index contributed by atoms with van der Waals surface area (Å²) in [4.78, 5) is 16.8. The molecule has 0 atom stereocenters. The van der Waals surface area contributed by atoms with Gasteiger partial charge in [-0.25, -0.2) is 0 Å². The number of carbonyl (C=O) groups is 1. The van der Waals surface area contributed by atoms with Crippen LogP contribution in [0.3, 0.4) is 0 Å². The van der Waals surface area contributed by atoms with Crippen LogP contribution in [0.15, 0.2) is 24.4 Å². The Balaban J connectivity index is 0.000000511. The van der Waals surface area contributed by atoms with E-state index in [1.807, 2.05) is 25.1 Å². The van der Waals surface area contributed by atoms with E-state index in [4.69, 9.17) is 9.90 Å². The number of aryl methyl sites for hydroxylation is 1. The van der Waals surface area contributed by atoms with Crippen LogP contribution in [0.25, 0.3) is 10.7 Å². The molecular weight excluding hydrogens is 235 g/mol. The van der Waals surface area contributed by atoms with Gasteiger partial charge < -0.3 is 21.4 Å². The van der Waals surface area contributed by atoms with Crippen LogP contribution in [0.1, 0.15) is 5.69 Å². The van der Waals surface area contributed by atoms with Gasteiger partial charge in [0.1, 0.15) is 0 Å². The van der Waals surface area contributed by atoms with Gasteiger partial charge >= 0.3 is 29.6 Å². The summed E-state index contributed by atoms with van der Waals surface area (Å²) in [7, 11) is 0. The molecule has 0 aliphatic carbocycles. The van der Waals surface area contributed by atoms with Crippen molar-refractivity contribution < 1.29 is 39.5 Å². The number of hydrogen-bond donors (Lipinski definition) is 1. The van der Waals surface area contributed by atoms with Crippen molar-refractivity contribution in [2.45, 2.75) is 6.92 Å². The molecule has 2 rings (SSSR count). The Morgan fingerprint density at radius 1 is 1.50 bits per heavy atom. The van der Waals surface area contributed by atoms with Crippen molar-refractivity contribution in [1.29, 1.82) is 0 Å². The molecule has 2 heterocycles. The summed E-state index contributed by atoms with van der Waals surface area (Å²) in [6.07, 6.45) is 1.77. The van der Waals surface area contributed by atoms with Gasteiger partial charge in [0.2, 0.25) is 0 Å². The minimum absolute atomic E-state index is 0. The molecule has 0 bridgehead atoms. The molecule has 0 spiro atoms. The van der Waals surface area contributed by atoms with Crippen molar-refractivity contribution in [3.05, 3.63) is 35.5 Å². The molecule has 78 valence electrons. The predicted octanol–water partition coefficient (Wildman–Crippen LogP) is -0.981. The second-order valence-corrected chi connectivity index (χ2v) is 3.32. The first-order valence-corrected chi connectivity index (χ1v) is 4.94. The van der Waals surface area contributed by atoms with Gasteiger partial charge in [-0.15, -0.1) is 0 Å². The third-order valence-electron chi connectivity index (χ3n) is 1.45. The molecule has 6 heteroatoms. The van der Waals surface area contributed by atoms with Crippen LogP contribution in [0.4, 0.5) is 0 Å². The SMILES string of the molecule is Cc1[c-]sc(-c2ccccn2)n1.O=CO.[Na+]. The second-order valence-electron chi connectivity index (χ2n) is 2.53. The first kappa shape index (κ1) is 15.2. The van der Waals surface area contributed by atoms with Crippen LogP contribution in [0.2, 0.25) is 0 Å². The number of hydrogen-bond acceptors (Lipinski definition) is 4. The molecule has 0 aromatic carbocycles. The number of rotatable bonds is 1. The molecule has 0 saturated heterocycles. The van der Waals surface area contributed by atoms with Gasteiger partial charge in [-0.05, 0) is 18.0 Å². The molecule has 0 saturated carbocycles. The topological polar surface area (TPSA) is 63.1 Å². The first-order valence-electron chi connectivity index (χ1n) is 4.12. The second kappa shape index (κ2) is 8.41. The molecule has 0 fully saturated rings. The zero-order valence-electron chi connectivity index (χ0n) is 9.04. The quantitative estimate of drug-likeness (QED) is 0.398. The maximum atomic E-state index is 8.36. The molecule has 0 aliphatic rings. The third kappa shape index (κ3) is 4.85. The molecule has 0 amide bonds. The van der Waals surface area contributed by atoms with Crippen molar-refractivity contribution in [1.82, 2.24) is 9.97 Å². The number of thiazole rings is 1. The molecular formula is C10H9N2NaO2S. The van der Waals surface area contributed by atoms with Gasteiger partial charge in [-0.2, -0.15) is 5.38 Å². The van der Waals surface area contributed by atoms with Gasteiger partial charge in [-0.3, -0.25) is 9.78 Å². The molecule has 0 aliphatic heterocycles. The maximum absolute atomic E-state index is 8.36.